The molecule has 0 aliphatic carbocycles. The molecule has 1 aliphatic rings. The largest absolute Gasteiger partial charge is 0.497 e. The van der Waals surface area contributed by atoms with Crippen molar-refractivity contribution in [3.8, 4) is 5.75 Å². The number of fused-ring (bicyclic) bond motifs is 1. The molecule has 0 saturated heterocycles. The third-order valence-electron chi connectivity index (χ3n) is 6.47. The molecule has 0 bridgehead atoms. The van der Waals surface area contributed by atoms with Crippen LogP contribution in [-0.4, -0.2) is 44.1 Å². The molecule has 1 amide bonds. The van der Waals surface area contributed by atoms with Crippen molar-refractivity contribution >= 4 is 11.6 Å². The van der Waals surface area contributed by atoms with Gasteiger partial charge in [0.25, 0.3) is 0 Å². The van der Waals surface area contributed by atoms with E-state index in [-0.39, 0.29) is 17.7 Å². The third-order valence-corrected chi connectivity index (χ3v) is 6.47. The summed E-state index contributed by atoms with van der Waals surface area (Å²) in [6.45, 7) is 8.79. The zero-order valence-corrected chi connectivity index (χ0v) is 19.1. The van der Waals surface area contributed by atoms with E-state index in [4.69, 9.17) is 4.74 Å². The number of hydrogen-bond acceptors (Lipinski definition) is 3. The maximum Gasteiger partial charge on any atom is 0.416 e. The minimum atomic E-state index is -4.43. The lowest BCUT2D eigenvalue weighted by atomic mass is 9.82. The highest BCUT2D eigenvalue weighted by Gasteiger charge is 2.37. The molecular formula is C25H31F3N2O2. The van der Waals surface area contributed by atoms with Crippen molar-refractivity contribution in [3.63, 3.8) is 0 Å². The average Bonchev–Trinajstić information content (AvgIpc) is 2.88. The van der Waals surface area contributed by atoms with Crippen LogP contribution in [0.25, 0.3) is 0 Å². The summed E-state index contributed by atoms with van der Waals surface area (Å²) in [6.07, 6.45) is -4.07. The molecule has 7 heteroatoms. The summed E-state index contributed by atoms with van der Waals surface area (Å²) in [5, 5.41) is 0. The van der Waals surface area contributed by atoms with Crippen molar-refractivity contribution in [3.05, 3.63) is 59.2 Å². The number of hydrogen-bond donors (Lipinski definition) is 0. The molecule has 4 nitrogen and oxygen atoms in total. The smallest absolute Gasteiger partial charge is 0.416 e. The Labute approximate surface area is 188 Å². The summed E-state index contributed by atoms with van der Waals surface area (Å²) < 4.78 is 45.6. The standard InChI is InChI=1S/C25H31F3N2O2/c1-5-29(6-2)13-14-30-23-12-9-20(25(26,27)28)15-19(23)16-22(17(3)24(30)31)18-7-10-21(32-4)11-8-18/h7-12,15,17,22H,5-6,13-14,16H2,1-4H3/t17-,22-/m1/s1. The average molecular weight is 449 g/mol. The highest BCUT2D eigenvalue weighted by Crippen LogP contribution is 2.41. The number of carbonyl (C=O) groups is 1. The second kappa shape index (κ2) is 9.94. The Hall–Kier alpha value is -2.54. The summed E-state index contributed by atoms with van der Waals surface area (Å²) in [5.41, 5.74) is 1.37. The van der Waals surface area contributed by atoms with Gasteiger partial charge < -0.3 is 14.5 Å². The second-order valence-electron chi connectivity index (χ2n) is 8.23. The molecule has 2 aromatic rings. The third kappa shape index (κ3) is 5.09. The van der Waals surface area contributed by atoms with Crippen molar-refractivity contribution < 1.29 is 22.7 Å². The van der Waals surface area contributed by atoms with E-state index < -0.39 is 11.7 Å². The van der Waals surface area contributed by atoms with Crippen LogP contribution in [0.1, 0.15) is 43.4 Å². The summed E-state index contributed by atoms with van der Waals surface area (Å²) in [4.78, 5) is 17.4. The summed E-state index contributed by atoms with van der Waals surface area (Å²) in [5.74, 6) is 0.0365. The number of ether oxygens (including phenoxy) is 1. The fourth-order valence-corrected chi connectivity index (χ4v) is 4.41. The van der Waals surface area contributed by atoms with Gasteiger partial charge in [-0.1, -0.05) is 32.9 Å². The Morgan fingerprint density at radius 3 is 2.31 bits per heavy atom. The van der Waals surface area contributed by atoms with Gasteiger partial charge >= 0.3 is 6.18 Å². The van der Waals surface area contributed by atoms with Crippen molar-refractivity contribution in [2.45, 2.75) is 39.3 Å². The highest BCUT2D eigenvalue weighted by molar-refractivity contribution is 5.97. The maximum absolute atomic E-state index is 13.5. The fourth-order valence-electron chi connectivity index (χ4n) is 4.41. The lowest BCUT2D eigenvalue weighted by molar-refractivity contribution is -0.137. The number of benzene rings is 2. The molecule has 0 N–H and O–H groups in total. The van der Waals surface area contributed by atoms with Crippen LogP contribution in [0.4, 0.5) is 18.9 Å². The molecule has 1 heterocycles. The lowest BCUT2D eigenvalue weighted by Crippen LogP contribution is -2.41. The van der Waals surface area contributed by atoms with Gasteiger partial charge in [0.1, 0.15) is 5.75 Å². The Kier molecular flexibility index (Phi) is 7.49. The highest BCUT2D eigenvalue weighted by atomic mass is 19.4. The number of amides is 1. The number of alkyl halides is 3. The monoisotopic (exact) mass is 448 g/mol. The molecule has 2 atom stereocenters. The van der Waals surface area contributed by atoms with Crippen molar-refractivity contribution in [1.29, 1.82) is 0 Å². The molecule has 0 saturated carbocycles. The van der Waals surface area contributed by atoms with Gasteiger partial charge in [-0.05, 0) is 66.9 Å². The van der Waals surface area contributed by atoms with Crippen LogP contribution in [0.5, 0.6) is 5.75 Å². The van der Waals surface area contributed by atoms with E-state index in [0.717, 1.165) is 24.7 Å². The molecule has 174 valence electrons. The quantitative estimate of drug-likeness (QED) is 0.571. The molecule has 0 aromatic heterocycles. The van der Waals surface area contributed by atoms with Crippen LogP contribution in [0.2, 0.25) is 0 Å². The maximum atomic E-state index is 13.5. The Balaban J connectivity index is 2.04. The summed E-state index contributed by atoms with van der Waals surface area (Å²) in [6, 6.07) is 11.2. The number of methoxy groups -OCH3 is 1. The molecule has 0 radical (unpaired) electrons. The minimum Gasteiger partial charge on any atom is -0.497 e. The summed E-state index contributed by atoms with van der Waals surface area (Å²) in [7, 11) is 1.58. The first-order chi connectivity index (χ1) is 15.2. The zero-order valence-electron chi connectivity index (χ0n) is 19.1. The van der Waals surface area contributed by atoms with E-state index in [9.17, 15) is 18.0 Å². The Morgan fingerprint density at radius 1 is 1.09 bits per heavy atom. The molecule has 0 unspecified atom stereocenters. The van der Waals surface area contributed by atoms with Gasteiger partial charge in [0, 0.05) is 24.7 Å². The van der Waals surface area contributed by atoms with Gasteiger partial charge in [0.15, 0.2) is 0 Å². The van der Waals surface area contributed by atoms with Crippen LogP contribution in [0.3, 0.4) is 0 Å². The van der Waals surface area contributed by atoms with E-state index in [1.807, 2.05) is 31.2 Å². The van der Waals surface area contributed by atoms with Crippen molar-refractivity contribution in [2.24, 2.45) is 5.92 Å². The van der Waals surface area contributed by atoms with E-state index >= 15 is 0 Å². The molecular weight excluding hydrogens is 417 g/mol. The first-order valence-corrected chi connectivity index (χ1v) is 11.1. The Bertz CT molecular complexity index is 924. The van der Waals surface area contributed by atoms with E-state index in [1.165, 1.54) is 12.1 Å². The predicted molar refractivity (Wildman–Crippen MR) is 120 cm³/mol. The molecule has 0 fully saturated rings. The topological polar surface area (TPSA) is 32.8 Å². The van der Waals surface area contributed by atoms with Crippen molar-refractivity contribution in [2.75, 3.05) is 38.2 Å². The van der Waals surface area contributed by atoms with Gasteiger partial charge in [0.05, 0.1) is 12.7 Å². The predicted octanol–water partition coefficient (Wildman–Crippen LogP) is 5.36. The molecule has 0 spiro atoms. The van der Waals surface area contributed by atoms with Crippen LogP contribution >= 0.6 is 0 Å². The SMILES string of the molecule is CCN(CC)CCN1C(=O)[C@H](C)[C@H](c2ccc(OC)cc2)Cc2cc(C(F)(F)F)ccc21. The normalized spacial score (nSPS) is 19.1. The fraction of sp³-hybridized carbons (Fsp3) is 0.480. The molecule has 1 aliphatic heterocycles. The van der Waals surface area contributed by atoms with E-state index in [1.54, 1.807) is 12.0 Å². The first kappa shape index (κ1) is 24.1. The van der Waals surface area contributed by atoms with Crippen LogP contribution in [0, 0.1) is 5.92 Å². The lowest BCUT2D eigenvalue weighted by Gasteiger charge is -2.29. The molecule has 3 rings (SSSR count). The number of anilines is 1. The van der Waals surface area contributed by atoms with Gasteiger partial charge in [0.2, 0.25) is 5.91 Å². The second-order valence-corrected chi connectivity index (χ2v) is 8.23. The first-order valence-electron chi connectivity index (χ1n) is 11.1. The van der Waals surface area contributed by atoms with Gasteiger partial charge in [-0.25, -0.2) is 0 Å². The molecule has 2 aromatic carbocycles. The van der Waals surface area contributed by atoms with Gasteiger partial charge in [-0.15, -0.1) is 0 Å². The Morgan fingerprint density at radius 2 is 1.75 bits per heavy atom. The number of carbonyl (C=O) groups excluding carboxylic acids is 1. The number of likely N-dealkylation sites (N-methyl/N-ethyl adjacent to an activating group) is 1. The zero-order chi connectivity index (χ0) is 23.5. The molecule has 32 heavy (non-hydrogen) atoms. The van der Waals surface area contributed by atoms with Crippen LogP contribution in [0.15, 0.2) is 42.5 Å². The van der Waals surface area contributed by atoms with Gasteiger partial charge in [-0.3, -0.25) is 4.79 Å². The summed E-state index contributed by atoms with van der Waals surface area (Å²) >= 11 is 0. The number of nitrogens with zero attached hydrogens (tertiary/aromatic N) is 2. The van der Waals surface area contributed by atoms with Crippen LogP contribution < -0.4 is 9.64 Å². The minimum absolute atomic E-state index is 0.0588. The van der Waals surface area contributed by atoms with Crippen molar-refractivity contribution in [1.82, 2.24) is 4.90 Å². The number of rotatable bonds is 7. The number of halogens is 3. The van der Waals surface area contributed by atoms with E-state index in [2.05, 4.69) is 18.7 Å². The van der Waals surface area contributed by atoms with E-state index in [0.29, 0.717) is 36.5 Å². The van der Waals surface area contributed by atoms with Crippen LogP contribution in [-0.2, 0) is 17.4 Å². The van der Waals surface area contributed by atoms with Gasteiger partial charge in [-0.2, -0.15) is 13.2 Å².